The lowest BCUT2D eigenvalue weighted by Gasteiger charge is -2.14. The topological polar surface area (TPSA) is 59.9 Å². The summed E-state index contributed by atoms with van der Waals surface area (Å²) in [6, 6.07) is 13.2. The Morgan fingerprint density at radius 2 is 1.96 bits per heavy atom. The second-order valence-corrected chi connectivity index (χ2v) is 5.71. The number of ether oxygens (including phenoxy) is 2. The monoisotopic (exact) mass is 340 g/mol. The highest BCUT2D eigenvalue weighted by atomic mass is 16.5. The van der Waals surface area contributed by atoms with Gasteiger partial charge >= 0.3 is 0 Å². The van der Waals surface area contributed by atoms with E-state index in [4.69, 9.17) is 9.47 Å². The van der Waals surface area contributed by atoms with Crippen LogP contribution >= 0.6 is 0 Å². The lowest BCUT2D eigenvalue weighted by Crippen LogP contribution is -2.33. The van der Waals surface area contributed by atoms with Gasteiger partial charge in [0.25, 0.3) is 5.91 Å². The molecule has 0 aliphatic carbocycles. The summed E-state index contributed by atoms with van der Waals surface area (Å²) in [7, 11) is 0. The van der Waals surface area contributed by atoms with E-state index < -0.39 is 6.10 Å². The van der Waals surface area contributed by atoms with Gasteiger partial charge in [0.2, 0.25) is 0 Å². The van der Waals surface area contributed by atoms with Crippen LogP contribution in [-0.4, -0.2) is 24.8 Å². The molecular formula is C20H24N2O3. The summed E-state index contributed by atoms with van der Waals surface area (Å²) < 4.78 is 11.2. The smallest absolute Gasteiger partial charge is 0.280 e. The van der Waals surface area contributed by atoms with Crippen molar-refractivity contribution in [3.05, 3.63) is 59.2 Å². The molecule has 1 N–H and O–H groups in total. The Morgan fingerprint density at radius 1 is 1.20 bits per heavy atom. The van der Waals surface area contributed by atoms with E-state index >= 15 is 0 Å². The summed E-state index contributed by atoms with van der Waals surface area (Å²) in [5, 5.41) is 3.99. The van der Waals surface area contributed by atoms with Crippen LogP contribution in [0.5, 0.6) is 11.5 Å². The molecule has 5 nitrogen and oxygen atoms in total. The van der Waals surface area contributed by atoms with E-state index in [9.17, 15) is 4.79 Å². The first kappa shape index (κ1) is 18.5. The molecule has 0 heterocycles. The third-order valence-corrected chi connectivity index (χ3v) is 3.76. The van der Waals surface area contributed by atoms with Gasteiger partial charge in [-0.05, 0) is 63.1 Å². The van der Waals surface area contributed by atoms with E-state index in [0.717, 1.165) is 16.9 Å². The predicted molar refractivity (Wildman–Crippen MR) is 99.4 cm³/mol. The van der Waals surface area contributed by atoms with Crippen molar-refractivity contribution in [1.82, 2.24) is 5.43 Å². The Bertz CT molecular complexity index is 756. The van der Waals surface area contributed by atoms with Crippen LogP contribution in [0.1, 0.15) is 30.5 Å². The summed E-state index contributed by atoms with van der Waals surface area (Å²) in [6.07, 6.45) is 0.910. The highest BCUT2D eigenvalue weighted by molar-refractivity contribution is 5.86. The van der Waals surface area contributed by atoms with Gasteiger partial charge in [0, 0.05) is 5.56 Å². The third kappa shape index (κ3) is 5.35. The molecule has 0 saturated carbocycles. The van der Waals surface area contributed by atoms with Crippen LogP contribution in [0.25, 0.3) is 0 Å². The summed E-state index contributed by atoms with van der Waals surface area (Å²) in [4.78, 5) is 12.1. The zero-order valence-electron chi connectivity index (χ0n) is 15.1. The van der Waals surface area contributed by atoms with Crippen LogP contribution in [0.2, 0.25) is 0 Å². The maximum absolute atomic E-state index is 12.1. The Morgan fingerprint density at radius 3 is 2.68 bits per heavy atom. The fourth-order valence-corrected chi connectivity index (χ4v) is 2.18. The first-order valence-electron chi connectivity index (χ1n) is 8.30. The fraction of sp³-hybridized carbons (Fsp3) is 0.300. The Hall–Kier alpha value is -2.82. The molecular weight excluding hydrogens is 316 g/mol. The minimum Gasteiger partial charge on any atom is -0.493 e. The lowest BCUT2D eigenvalue weighted by molar-refractivity contribution is -0.127. The Kier molecular flexibility index (Phi) is 6.57. The quantitative estimate of drug-likeness (QED) is 0.618. The molecule has 1 unspecified atom stereocenters. The van der Waals surface area contributed by atoms with Crippen molar-refractivity contribution >= 4 is 12.1 Å². The number of hydrogen-bond acceptors (Lipinski definition) is 4. The van der Waals surface area contributed by atoms with Gasteiger partial charge in [-0.15, -0.1) is 0 Å². The van der Waals surface area contributed by atoms with Crippen molar-refractivity contribution in [3.8, 4) is 11.5 Å². The third-order valence-electron chi connectivity index (χ3n) is 3.76. The van der Waals surface area contributed by atoms with Crippen LogP contribution < -0.4 is 14.9 Å². The minimum absolute atomic E-state index is 0.316. The van der Waals surface area contributed by atoms with Crippen molar-refractivity contribution in [3.63, 3.8) is 0 Å². The SMILES string of the molecule is CCOc1ccccc1/C=N/NC(=O)C(C)Oc1ccc(C)c(C)c1. The average molecular weight is 340 g/mol. The number of nitrogens with zero attached hydrogens (tertiary/aromatic N) is 1. The van der Waals surface area contributed by atoms with E-state index in [-0.39, 0.29) is 5.91 Å². The number of carbonyl (C=O) groups excluding carboxylic acids is 1. The highest BCUT2D eigenvalue weighted by Crippen LogP contribution is 2.18. The van der Waals surface area contributed by atoms with E-state index in [2.05, 4.69) is 10.5 Å². The Labute approximate surface area is 148 Å². The molecule has 5 heteroatoms. The van der Waals surface area contributed by atoms with Gasteiger partial charge in [-0.2, -0.15) is 5.10 Å². The molecule has 132 valence electrons. The van der Waals surface area contributed by atoms with Gasteiger partial charge in [-0.1, -0.05) is 18.2 Å². The second-order valence-electron chi connectivity index (χ2n) is 5.71. The maximum Gasteiger partial charge on any atom is 0.280 e. The van der Waals surface area contributed by atoms with Crippen LogP contribution in [0, 0.1) is 13.8 Å². The molecule has 0 saturated heterocycles. The molecule has 25 heavy (non-hydrogen) atoms. The normalized spacial score (nSPS) is 12.0. The van der Waals surface area contributed by atoms with E-state index in [1.807, 2.05) is 63.2 Å². The molecule has 2 aromatic carbocycles. The van der Waals surface area contributed by atoms with Gasteiger partial charge in [0.05, 0.1) is 12.8 Å². The number of hydrogen-bond donors (Lipinski definition) is 1. The standard InChI is InChI=1S/C20H24N2O3/c1-5-24-19-9-7-6-8-17(19)13-21-22-20(23)16(4)25-18-11-10-14(2)15(3)12-18/h6-13,16H,5H2,1-4H3,(H,22,23)/b21-13+. The number of hydrazone groups is 1. The number of carbonyl (C=O) groups is 1. The van der Waals surface area contributed by atoms with Gasteiger partial charge in [0.15, 0.2) is 6.10 Å². The summed E-state index contributed by atoms with van der Waals surface area (Å²) in [6.45, 7) is 8.21. The molecule has 1 amide bonds. The number of benzene rings is 2. The number of para-hydroxylation sites is 1. The van der Waals surface area contributed by atoms with Crippen molar-refractivity contribution in [2.45, 2.75) is 33.8 Å². The predicted octanol–water partition coefficient (Wildman–Crippen LogP) is 3.62. The summed E-state index contributed by atoms with van der Waals surface area (Å²) in [5.74, 6) is 1.07. The summed E-state index contributed by atoms with van der Waals surface area (Å²) in [5.41, 5.74) is 5.60. The molecule has 0 aliphatic rings. The highest BCUT2D eigenvalue weighted by Gasteiger charge is 2.14. The zero-order valence-corrected chi connectivity index (χ0v) is 15.1. The fourth-order valence-electron chi connectivity index (χ4n) is 2.18. The largest absolute Gasteiger partial charge is 0.493 e. The van der Waals surface area contributed by atoms with E-state index in [0.29, 0.717) is 12.4 Å². The molecule has 2 rings (SSSR count). The first-order chi connectivity index (χ1) is 12.0. The Balaban J connectivity index is 1.94. The van der Waals surface area contributed by atoms with Crippen molar-refractivity contribution in [2.24, 2.45) is 5.10 Å². The number of aryl methyl sites for hydroxylation is 2. The van der Waals surface area contributed by atoms with Crippen molar-refractivity contribution in [1.29, 1.82) is 0 Å². The van der Waals surface area contributed by atoms with E-state index in [1.165, 1.54) is 5.56 Å². The molecule has 0 spiro atoms. The molecule has 0 radical (unpaired) electrons. The van der Waals surface area contributed by atoms with Gasteiger partial charge in [0.1, 0.15) is 11.5 Å². The van der Waals surface area contributed by atoms with Crippen molar-refractivity contribution < 1.29 is 14.3 Å². The summed E-state index contributed by atoms with van der Waals surface area (Å²) >= 11 is 0. The average Bonchev–Trinajstić information content (AvgIpc) is 2.59. The number of amides is 1. The number of nitrogens with one attached hydrogen (secondary N) is 1. The molecule has 0 aromatic heterocycles. The van der Waals surface area contributed by atoms with Crippen LogP contribution in [-0.2, 0) is 4.79 Å². The first-order valence-corrected chi connectivity index (χ1v) is 8.30. The van der Waals surface area contributed by atoms with Crippen LogP contribution in [0.15, 0.2) is 47.6 Å². The second kappa shape index (κ2) is 8.87. The molecule has 2 aromatic rings. The van der Waals surface area contributed by atoms with E-state index in [1.54, 1.807) is 13.1 Å². The molecule has 0 bridgehead atoms. The number of rotatable bonds is 7. The van der Waals surface area contributed by atoms with Gasteiger partial charge in [-0.3, -0.25) is 4.79 Å². The zero-order chi connectivity index (χ0) is 18.2. The van der Waals surface area contributed by atoms with Crippen molar-refractivity contribution in [2.75, 3.05) is 6.61 Å². The maximum atomic E-state index is 12.1. The van der Waals surface area contributed by atoms with Crippen LogP contribution in [0.3, 0.4) is 0 Å². The van der Waals surface area contributed by atoms with Gasteiger partial charge < -0.3 is 9.47 Å². The lowest BCUT2D eigenvalue weighted by atomic mass is 10.1. The minimum atomic E-state index is -0.651. The van der Waals surface area contributed by atoms with Gasteiger partial charge in [-0.25, -0.2) is 5.43 Å². The molecule has 0 aliphatic heterocycles. The molecule has 1 atom stereocenters. The van der Waals surface area contributed by atoms with Crippen LogP contribution in [0.4, 0.5) is 0 Å². The molecule has 0 fully saturated rings.